The molecule has 1 aromatic rings. The largest absolute Gasteiger partial charge is 0.496 e. The average molecular weight is 300 g/mol. The summed E-state index contributed by atoms with van der Waals surface area (Å²) in [6.45, 7) is 3.81. The number of likely N-dealkylation sites (N-methyl/N-ethyl adjacent to an activating group) is 1. The monoisotopic (exact) mass is 299 g/mol. The maximum Gasteiger partial charge on any atom is 0.311 e. The van der Waals surface area contributed by atoms with Gasteiger partial charge in [0.2, 0.25) is 0 Å². The van der Waals surface area contributed by atoms with E-state index in [0.717, 1.165) is 0 Å². The van der Waals surface area contributed by atoms with E-state index in [1.165, 1.54) is 14.0 Å². The maximum atomic E-state index is 11.8. The molecular formula is C14H18ClNO4. The molecule has 0 aromatic heterocycles. The van der Waals surface area contributed by atoms with Gasteiger partial charge in [0.05, 0.1) is 13.5 Å². The number of hydrogen-bond acceptors (Lipinski definition) is 4. The van der Waals surface area contributed by atoms with E-state index in [1.807, 2.05) is 0 Å². The lowest BCUT2D eigenvalue weighted by molar-refractivity contribution is -0.154. The summed E-state index contributed by atoms with van der Waals surface area (Å²) in [4.78, 5) is 23.3. The number of esters is 1. The number of benzene rings is 1. The first kappa shape index (κ1) is 16.3. The van der Waals surface area contributed by atoms with Crippen LogP contribution >= 0.6 is 11.6 Å². The van der Waals surface area contributed by atoms with E-state index in [9.17, 15) is 9.59 Å². The van der Waals surface area contributed by atoms with Crippen molar-refractivity contribution in [3.8, 4) is 5.75 Å². The lowest BCUT2D eigenvalue weighted by Crippen LogP contribution is -2.35. The normalized spacial score (nSPS) is 11.6. The highest BCUT2D eigenvalue weighted by Gasteiger charge is 2.18. The third kappa shape index (κ3) is 4.74. The summed E-state index contributed by atoms with van der Waals surface area (Å²) in [6, 6.07) is 4.99. The van der Waals surface area contributed by atoms with Crippen LogP contribution in [0.5, 0.6) is 5.75 Å². The second-order valence-corrected chi connectivity index (χ2v) is 4.60. The number of ether oxygens (including phenoxy) is 2. The Labute approximate surface area is 123 Å². The van der Waals surface area contributed by atoms with E-state index in [0.29, 0.717) is 22.9 Å². The zero-order chi connectivity index (χ0) is 15.1. The molecule has 110 valence electrons. The van der Waals surface area contributed by atoms with E-state index in [1.54, 1.807) is 25.1 Å². The second-order valence-electron chi connectivity index (χ2n) is 4.16. The van der Waals surface area contributed by atoms with Crippen LogP contribution in [-0.4, -0.2) is 31.6 Å². The highest BCUT2D eigenvalue weighted by molar-refractivity contribution is 6.30. The Hall–Kier alpha value is -1.75. The highest BCUT2D eigenvalue weighted by Crippen LogP contribution is 2.23. The Morgan fingerprint density at radius 1 is 1.40 bits per heavy atom. The SMILES string of the molecule is CCNC(=O)[C@H](C)OC(=O)Cc1cc(Cl)ccc1OC. The van der Waals surface area contributed by atoms with Crippen LogP contribution < -0.4 is 10.1 Å². The number of hydrogen-bond donors (Lipinski definition) is 1. The van der Waals surface area contributed by atoms with Gasteiger partial charge in [0.1, 0.15) is 5.75 Å². The fourth-order valence-corrected chi connectivity index (χ4v) is 1.85. The van der Waals surface area contributed by atoms with E-state index in [4.69, 9.17) is 21.1 Å². The van der Waals surface area contributed by atoms with Crippen LogP contribution in [0.3, 0.4) is 0 Å². The van der Waals surface area contributed by atoms with Crippen LogP contribution in [0, 0.1) is 0 Å². The van der Waals surface area contributed by atoms with Crippen molar-refractivity contribution in [1.29, 1.82) is 0 Å². The first-order chi connectivity index (χ1) is 9.47. The van der Waals surface area contributed by atoms with Crippen LogP contribution in [0.1, 0.15) is 19.4 Å². The van der Waals surface area contributed by atoms with Crippen LogP contribution in [0.25, 0.3) is 0 Å². The van der Waals surface area contributed by atoms with Crippen molar-refractivity contribution in [3.63, 3.8) is 0 Å². The number of halogens is 1. The smallest absolute Gasteiger partial charge is 0.311 e. The number of carbonyl (C=O) groups excluding carboxylic acids is 2. The Balaban J connectivity index is 2.67. The summed E-state index contributed by atoms with van der Waals surface area (Å²) in [7, 11) is 1.51. The van der Waals surface area contributed by atoms with Gasteiger partial charge in [-0.25, -0.2) is 0 Å². The molecule has 1 aromatic carbocycles. The molecule has 0 bridgehead atoms. The van der Waals surface area contributed by atoms with Gasteiger partial charge >= 0.3 is 5.97 Å². The van der Waals surface area contributed by atoms with Crippen molar-refractivity contribution < 1.29 is 19.1 Å². The minimum atomic E-state index is -0.826. The van der Waals surface area contributed by atoms with Crippen LogP contribution in [-0.2, 0) is 20.7 Å². The molecule has 0 aliphatic heterocycles. The molecule has 0 saturated heterocycles. The molecule has 0 fully saturated rings. The predicted octanol–water partition coefficient (Wildman–Crippen LogP) is 1.96. The van der Waals surface area contributed by atoms with Gasteiger partial charge in [0.25, 0.3) is 5.91 Å². The molecule has 0 aliphatic rings. The summed E-state index contributed by atoms with van der Waals surface area (Å²) in [6.07, 6.45) is -0.833. The number of amides is 1. The molecule has 6 heteroatoms. The van der Waals surface area contributed by atoms with Crippen molar-refractivity contribution in [2.24, 2.45) is 0 Å². The van der Waals surface area contributed by atoms with Gasteiger partial charge < -0.3 is 14.8 Å². The Kier molecular flexibility index (Phi) is 6.31. The molecule has 1 atom stereocenters. The van der Waals surface area contributed by atoms with Crippen LogP contribution in [0.4, 0.5) is 0 Å². The van der Waals surface area contributed by atoms with Crippen molar-refractivity contribution in [2.75, 3.05) is 13.7 Å². The molecule has 1 rings (SSSR count). The minimum absolute atomic E-state index is 0.00647. The zero-order valence-electron chi connectivity index (χ0n) is 11.7. The Morgan fingerprint density at radius 2 is 2.10 bits per heavy atom. The molecule has 0 spiro atoms. The van der Waals surface area contributed by atoms with Gasteiger partial charge in [0.15, 0.2) is 6.10 Å². The van der Waals surface area contributed by atoms with Crippen molar-refractivity contribution in [3.05, 3.63) is 28.8 Å². The molecule has 0 heterocycles. The van der Waals surface area contributed by atoms with Gasteiger partial charge in [0, 0.05) is 17.1 Å². The second kappa shape index (κ2) is 7.75. The van der Waals surface area contributed by atoms with Crippen molar-refractivity contribution in [2.45, 2.75) is 26.4 Å². The maximum absolute atomic E-state index is 11.8. The van der Waals surface area contributed by atoms with Gasteiger partial charge in [-0.1, -0.05) is 11.6 Å². The average Bonchev–Trinajstić information content (AvgIpc) is 2.39. The predicted molar refractivity (Wildman–Crippen MR) is 75.9 cm³/mol. The summed E-state index contributed by atoms with van der Waals surface area (Å²) in [5, 5.41) is 3.09. The molecule has 5 nitrogen and oxygen atoms in total. The van der Waals surface area contributed by atoms with Crippen LogP contribution in [0.2, 0.25) is 5.02 Å². The van der Waals surface area contributed by atoms with Crippen molar-refractivity contribution in [1.82, 2.24) is 5.32 Å². The van der Waals surface area contributed by atoms with E-state index in [2.05, 4.69) is 5.32 Å². The first-order valence-electron chi connectivity index (χ1n) is 6.27. The number of rotatable bonds is 6. The Morgan fingerprint density at radius 3 is 2.70 bits per heavy atom. The summed E-state index contributed by atoms with van der Waals surface area (Å²) in [5.41, 5.74) is 0.619. The first-order valence-corrected chi connectivity index (χ1v) is 6.65. The molecule has 0 saturated carbocycles. The summed E-state index contributed by atoms with van der Waals surface area (Å²) >= 11 is 5.88. The third-order valence-corrected chi connectivity index (χ3v) is 2.84. The van der Waals surface area contributed by atoms with E-state index in [-0.39, 0.29) is 12.3 Å². The Bertz CT molecular complexity index is 490. The lowest BCUT2D eigenvalue weighted by Gasteiger charge is -2.13. The minimum Gasteiger partial charge on any atom is -0.496 e. The molecule has 1 amide bonds. The topological polar surface area (TPSA) is 64.6 Å². The van der Waals surface area contributed by atoms with Gasteiger partial charge in [-0.2, -0.15) is 0 Å². The molecule has 20 heavy (non-hydrogen) atoms. The summed E-state index contributed by atoms with van der Waals surface area (Å²) in [5.74, 6) is -0.278. The molecular weight excluding hydrogens is 282 g/mol. The molecule has 0 aliphatic carbocycles. The molecule has 0 unspecified atom stereocenters. The number of methoxy groups -OCH3 is 1. The van der Waals surface area contributed by atoms with Crippen molar-refractivity contribution >= 4 is 23.5 Å². The standard InChI is InChI=1S/C14H18ClNO4/c1-4-16-14(18)9(2)20-13(17)8-10-7-11(15)5-6-12(10)19-3/h5-7,9H,4,8H2,1-3H3,(H,16,18)/t9-/m0/s1. The fourth-order valence-electron chi connectivity index (χ4n) is 1.65. The van der Waals surface area contributed by atoms with Crippen LogP contribution in [0.15, 0.2) is 18.2 Å². The van der Waals surface area contributed by atoms with E-state index < -0.39 is 12.1 Å². The summed E-state index contributed by atoms with van der Waals surface area (Å²) < 4.78 is 10.2. The van der Waals surface area contributed by atoms with Gasteiger partial charge in [-0.05, 0) is 32.0 Å². The quantitative estimate of drug-likeness (QED) is 0.816. The molecule has 0 radical (unpaired) electrons. The lowest BCUT2D eigenvalue weighted by atomic mass is 10.1. The van der Waals surface area contributed by atoms with Gasteiger partial charge in [-0.3, -0.25) is 9.59 Å². The number of carbonyl (C=O) groups is 2. The fraction of sp³-hybridized carbons (Fsp3) is 0.429. The highest BCUT2D eigenvalue weighted by atomic mass is 35.5. The van der Waals surface area contributed by atoms with E-state index >= 15 is 0 Å². The number of nitrogens with one attached hydrogen (secondary N) is 1. The molecule has 1 N–H and O–H groups in total. The van der Waals surface area contributed by atoms with Gasteiger partial charge in [-0.15, -0.1) is 0 Å². The zero-order valence-corrected chi connectivity index (χ0v) is 12.5. The third-order valence-electron chi connectivity index (χ3n) is 2.61.